The van der Waals surface area contributed by atoms with Crippen LogP contribution in [0.15, 0.2) is 84.4 Å². The number of allylic oxidation sites excluding steroid dienone is 2. The third-order valence-corrected chi connectivity index (χ3v) is 11.3. The van der Waals surface area contributed by atoms with Crippen molar-refractivity contribution in [3.8, 4) is 11.5 Å². The van der Waals surface area contributed by atoms with Crippen LogP contribution in [-0.4, -0.2) is 63.4 Å². The Hall–Kier alpha value is -5.45. The van der Waals surface area contributed by atoms with Crippen LogP contribution < -0.4 is 10.2 Å². The number of carbonyl (C=O) groups excluding carboxylic acids is 4. The van der Waals surface area contributed by atoms with Crippen molar-refractivity contribution in [2.45, 2.75) is 56.8 Å². The lowest BCUT2D eigenvalue weighted by atomic mass is 9.49. The molecule has 1 saturated carbocycles. The number of aromatic hydroxyl groups is 1. The third-order valence-electron chi connectivity index (χ3n) is 11.3. The van der Waals surface area contributed by atoms with Crippen LogP contribution in [0.4, 0.5) is 5.69 Å². The van der Waals surface area contributed by atoms with E-state index in [-0.39, 0.29) is 42.7 Å². The van der Waals surface area contributed by atoms with E-state index < -0.39 is 52.8 Å². The summed E-state index contributed by atoms with van der Waals surface area (Å²) < 4.78 is 5.52. The maximum Gasteiger partial charge on any atom is 0.303 e. The number of nitrogens with zero attached hydrogens (tertiary/aromatic N) is 2. The Labute approximate surface area is 295 Å². The molecular weight excluding hydrogens is 650 g/mol. The molecule has 51 heavy (non-hydrogen) atoms. The number of methoxy groups -OCH3 is 1. The minimum absolute atomic E-state index is 0.0268. The number of likely N-dealkylation sites (tertiary alicyclic amines) is 1. The number of fused-ring (bicyclic) bond motifs is 4. The van der Waals surface area contributed by atoms with Gasteiger partial charge < -0.3 is 14.9 Å². The van der Waals surface area contributed by atoms with Gasteiger partial charge in [-0.2, -0.15) is 5.01 Å². The molecule has 6 unspecified atom stereocenters. The molecule has 11 nitrogen and oxygen atoms in total. The normalized spacial score (nSPS) is 26.8. The van der Waals surface area contributed by atoms with Gasteiger partial charge in [-0.1, -0.05) is 72.2 Å². The van der Waals surface area contributed by atoms with E-state index in [4.69, 9.17) is 9.84 Å². The fourth-order valence-corrected chi connectivity index (χ4v) is 9.00. The number of ether oxygens (including phenoxy) is 1. The minimum Gasteiger partial charge on any atom is -0.504 e. The highest BCUT2D eigenvalue weighted by molar-refractivity contribution is 6.13. The van der Waals surface area contributed by atoms with Crippen LogP contribution in [0.3, 0.4) is 0 Å². The molecule has 2 heterocycles. The molecule has 7 rings (SSSR count). The van der Waals surface area contributed by atoms with Gasteiger partial charge in [0.05, 0.1) is 36.0 Å². The first-order valence-electron chi connectivity index (χ1n) is 17.5. The molecule has 2 aliphatic heterocycles. The number of amides is 4. The first-order chi connectivity index (χ1) is 24.6. The number of nitrogens with one attached hydrogen (secondary N) is 1. The Kier molecular flexibility index (Phi) is 8.91. The number of imide groups is 2. The van der Waals surface area contributed by atoms with Crippen molar-refractivity contribution in [1.82, 2.24) is 9.91 Å². The Morgan fingerprint density at radius 2 is 1.67 bits per heavy atom. The molecule has 4 aliphatic rings. The van der Waals surface area contributed by atoms with Crippen LogP contribution in [0.5, 0.6) is 11.5 Å². The average molecular weight is 692 g/mol. The number of benzene rings is 3. The van der Waals surface area contributed by atoms with Crippen molar-refractivity contribution < 1.29 is 38.9 Å². The highest BCUT2D eigenvalue weighted by atomic mass is 16.5. The third kappa shape index (κ3) is 5.55. The van der Waals surface area contributed by atoms with E-state index >= 15 is 4.79 Å². The standard InChI is InChI=1S/C40H41N3O8/c1-23-12-15-26(16-13-23)41-43-37(48)30-22-29-27(17-18-28-34(29)38(49)42(36(28)47)20-8-4-7-11-33(45)46)35(24-14-19-31(44)32(21-24)51-2)40(30,39(43)50)25-9-5-3-6-10-25/h3,5-6,9-10,12-17,19,21,28-30,34-35,41,44H,4,7-8,11,18,20,22H2,1-2H3,(H,45,46). The van der Waals surface area contributed by atoms with Crippen molar-refractivity contribution in [2.75, 3.05) is 19.1 Å². The zero-order valence-electron chi connectivity index (χ0n) is 28.6. The number of hydrogen-bond donors (Lipinski definition) is 3. The van der Waals surface area contributed by atoms with Gasteiger partial charge in [-0.15, -0.1) is 0 Å². The van der Waals surface area contributed by atoms with E-state index in [0.29, 0.717) is 42.5 Å². The molecule has 3 N–H and O–H groups in total. The number of aryl methyl sites for hydroxylation is 1. The highest BCUT2D eigenvalue weighted by Crippen LogP contribution is 2.64. The van der Waals surface area contributed by atoms with Gasteiger partial charge in [-0.3, -0.25) is 34.3 Å². The number of aliphatic carboxylic acids is 1. The SMILES string of the molecule is COc1cc(C2C3=CCC4C(=O)N(CCCCCC(=O)O)C(=O)C4C3CC3C(=O)N(Nc4ccc(C)cc4)C(=O)C32c2ccccc2)ccc1O. The topological polar surface area (TPSA) is 154 Å². The van der Waals surface area contributed by atoms with Gasteiger partial charge in [0.15, 0.2) is 11.5 Å². The zero-order chi connectivity index (χ0) is 36.0. The van der Waals surface area contributed by atoms with Crippen molar-refractivity contribution in [3.05, 3.63) is 101 Å². The summed E-state index contributed by atoms with van der Waals surface area (Å²) in [5, 5.41) is 20.7. The largest absolute Gasteiger partial charge is 0.504 e. The molecule has 2 saturated heterocycles. The first kappa shape index (κ1) is 34.0. The van der Waals surface area contributed by atoms with Crippen LogP contribution in [0, 0.1) is 30.6 Å². The Morgan fingerprint density at radius 1 is 0.922 bits per heavy atom. The number of rotatable bonds is 11. The predicted octanol–water partition coefficient (Wildman–Crippen LogP) is 5.34. The highest BCUT2D eigenvalue weighted by Gasteiger charge is 2.70. The number of phenols is 1. The summed E-state index contributed by atoms with van der Waals surface area (Å²) in [5.74, 6) is -5.63. The second-order valence-corrected chi connectivity index (χ2v) is 14.1. The summed E-state index contributed by atoms with van der Waals surface area (Å²) in [5.41, 5.74) is 5.36. The number of phenolic OH excluding ortho intramolecular Hbond substituents is 1. The number of hydrogen-bond acceptors (Lipinski definition) is 8. The molecule has 0 aromatic heterocycles. The molecule has 0 radical (unpaired) electrons. The van der Waals surface area contributed by atoms with Gasteiger partial charge in [-0.05, 0) is 73.9 Å². The molecule has 3 fully saturated rings. The maximum atomic E-state index is 15.2. The molecule has 3 aromatic rings. The lowest BCUT2D eigenvalue weighted by molar-refractivity contribution is -0.141. The number of anilines is 1. The number of unbranched alkanes of at least 4 members (excludes halogenated alkanes) is 2. The van der Waals surface area contributed by atoms with Gasteiger partial charge in [0.25, 0.3) is 11.8 Å². The summed E-state index contributed by atoms with van der Waals surface area (Å²) in [6.45, 7) is 2.15. The van der Waals surface area contributed by atoms with Crippen LogP contribution in [0.2, 0.25) is 0 Å². The van der Waals surface area contributed by atoms with Gasteiger partial charge in [0.1, 0.15) is 0 Å². The number of carbonyl (C=O) groups is 5. The van der Waals surface area contributed by atoms with Crippen LogP contribution in [0.25, 0.3) is 0 Å². The summed E-state index contributed by atoms with van der Waals surface area (Å²) in [4.78, 5) is 70.2. The molecule has 11 heteroatoms. The van der Waals surface area contributed by atoms with Gasteiger partial charge in [0.2, 0.25) is 11.8 Å². The smallest absolute Gasteiger partial charge is 0.303 e. The molecule has 0 bridgehead atoms. The van der Waals surface area contributed by atoms with Crippen LogP contribution in [-0.2, 0) is 29.4 Å². The number of carboxylic acids is 1. The predicted molar refractivity (Wildman–Crippen MR) is 186 cm³/mol. The van der Waals surface area contributed by atoms with Crippen molar-refractivity contribution >= 4 is 35.3 Å². The summed E-state index contributed by atoms with van der Waals surface area (Å²) in [6, 6.07) is 21.6. The summed E-state index contributed by atoms with van der Waals surface area (Å²) in [7, 11) is 1.44. The summed E-state index contributed by atoms with van der Waals surface area (Å²) >= 11 is 0. The summed E-state index contributed by atoms with van der Waals surface area (Å²) in [6.07, 6.45) is 4.01. The molecule has 264 valence electrons. The molecule has 4 amide bonds. The van der Waals surface area contributed by atoms with E-state index in [1.54, 1.807) is 24.3 Å². The quantitative estimate of drug-likeness (QED) is 0.137. The minimum atomic E-state index is -1.43. The molecule has 0 spiro atoms. The zero-order valence-corrected chi connectivity index (χ0v) is 28.6. The lowest BCUT2D eigenvalue weighted by Crippen LogP contribution is -2.53. The number of carboxylic acid groups (broad SMARTS) is 1. The van der Waals surface area contributed by atoms with Crippen molar-refractivity contribution in [1.29, 1.82) is 0 Å². The van der Waals surface area contributed by atoms with Crippen LogP contribution >= 0.6 is 0 Å². The van der Waals surface area contributed by atoms with E-state index in [9.17, 15) is 24.3 Å². The fraction of sp³-hybridized carbons (Fsp3) is 0.375. The molecule has 6 atom stereocenters. The first-order valence-corrected chi connectivity index (χ1v) is 17.5. The Morgan fingerprint density at radius 3 is 2.37 bits per heavy atom. The number of hydrazine groups is 1. The van der Waals surface area contributed by atoms with Crippen molar-refractivity contribution in [3.63, 3.8) is 0 Å². The van der Waals surface area contributed by atoms with E-state index in [2.05, 4.69) is 5.43 Å². The van der Waals surface area contributed by atoms with Gasteiger partial charge in [0, 0.05) is 18.9 Å². The second-order valence-electron chi connectivity index (χ2n) is 14.1. The Bertz CT molecular complexity index is 1930. The van der Waals surface area contributed by atoms with E-state index in [1.807, 2.05) is 55.5 Å². The molecular formula is C40H41N3O8. The monoisotopic (exact) mass is 691 g/mol. The van der Waals surface area contributed by atoms with Gasteiger partial charge >= 0.3 is 5.97 Å². The lowest BCUT2D eigenvalue weighted by Gasteiger charge is -2.50. The van der Waals surface area contributed by atoms with Crippen molar-refractivity contribution in [2.24, 2.45) is 23.7 Å². The Balaban J connectivity index is 1.34. The second kappa shape index (κ2) is 13.4. The average Bonchev–Trinajstić information content (AvgIpc) is 3.50. The maximum absolute atomic E-state index is 15.2. The fourth-order valence-electron chi connectivity index (χ4n) is 9.00. The van der Waals surface area contributed by atoms with E-state index in [1.165, 1.54) is 18.1 Å². The van der Waals surface area contributed by atoms with E-state index in [0.717, 1.165) is 16.1 Å². The molecule has 3 aromatic carbocycles. The van der Waals surface area contributed by atoms with Crippen LogP contribution in [0.1, 0.15) is 61.1 Å². The molecule has 2 aliphatic carbocycles. The van der Waals surface area contributed by atoms with Gasteiger partial charge in [-0.25, -0.2) is 0 Å².